The van der Waals surface area contributed by atoms with Gasteiger partial charge in [0.1, 0.15) is 5.75 Å². The maximum atomic E-state index is 6.57. The number of methoxy groups -OCH3 is 1. The Labute approximate surface area is 134 Å². The third kappa shape index (κ3) is 2.85. The average Bonchev–Trinajstić information content (AvgIpc) is 2.46. The molecule has 1 saturated carbocycles. The highest BCUT2D eigenvalue weighted by Crippen LogP contribution is 2.41. The molecule has 0 heterocycles. The average molecular weight is 346 g/mol. The Morgan fingerprint density at radius 2 is 1.90 bits per heavy atom. The van der Waals surface area contributed by atoms with Crippen molar-refractivity contribution in [2.45, 2.75) is 31.2 Å². The second kappa shape index (κ2) is 6.20. The van der Waals surface area contributed by atoms with E-state index in [0.29, 0.717) is 5.92 Å². The van der Waals surface area contributed by atoms with Gasteiger partial charge in [-0.25, -0.2) is 0 Å². The fourth-order valence-electron chi connectivity index (χ4n) is 2.94. The molecule has 2 nitrogen and oxygen atoms in total. The highest BCUT2D eigenvalue weighted by Gasteiger charge is 2.25. The van der Waals surface area contributed by atoms with Gasteiger partial charge in [-0.1, -0.05) is 46.6 Å². The molecule has 2 aromatic carbocycles. The molecule has 2 N–H and O–H groups in total. The molecule has 3 rings (SSSR count). The zero-order valence-electron chi connectivity index (χ0n) is 12.2. The topological polar surface area (TPSA) is 35.2 Å². The van der Waals surface area contributed by atoms with E-state index in [9.17, 15) is 0 Å². The van der Waals surface area contributed by atoms with E-state index < -0.39 is 0 Å². The Hall–Kier alpha value is -1.32. The number of hydrogen-bond acceptors (Lipinski definition) is 2. The van der Waals surface area contributed by atoms with Crippen molar-refractivity contribution in [3.8, 4) is 5.75 Å². The Bertz CT molecular complexity index is 637. The summed E-state index contributed by atoms with van der Waals surface area (Å²) in [5.41, 5.74) is 10.3. The predicted molar refractivity (Wildman–Crippen MR) is 89.8 cm³/mol. The largest absolute Gasteiger partial charge is 0.497 e. The summed E-state index contributed by atoms with van der Waals surface area (Å²) < 4.78 is 6.36. The van der Waals surface area contributed by atoms with E-state index in [1.54, 1.807) is 7.11 Å². The molecule has 0 amide bonds. The molecule has 1 aliphatic carbocycles. The molecule has 0 aliphatic heterocycles. The van der Waals surface area contributed by atoms with Crippen LogP contribution in [0.4, 0.5) is 0 Å². The molecule has 0 bridgehead atoms. The molecule has 1 fully saturated rings. The van der Waals surface area contributed by atoms with Crippen LogP contribution in [0.3, 0.4) is 0 Å². The molecular formula is C18H20BrNO. The number of nitrogens with two attached hydrogens (primary N) is 1. The summed E-state index contributed by atoms with van der Waals surface area (Å²) in [7, 11) is 1.68. The van der Waals surface area contributed by atoms with Crippen LogP contribution in [0.25, 0.3) is 0 Å². The van der Waals surface area contributed by atoms with Crippen molar-refractivity contribution in [1.82, 2.24) is 0 Å². The normalized spacial score (nSPS) is 16.3. The second-order valence-corrected chi connectivity index (χ2v) is 6.48. The maximum Gasteiger partial charge on any atom is 0.119 e. The van der Waals surface area contributed by atoms with Crippen molar-refractivity contribution in [2.75, 3.05) is 7.11 Å². The smallest absolute Gasteiger partial charge is 0.119 e. The van der Waals surface area contributed by atoms with Gasteiger partial charge in [0.25, 0.3) is 0 Å². The minimum Gasteiger partial charge on any atom is -0.497 e. The summed E-state index contributed by atoms with van der Waals surface area (Å²) in [4.78, 5) is 0. The molecule has 0 saturated heterocycles. The zero-order valence-corrected chi connectivity index (χ0v) is 13.8. The second-order valence-electron chi connectivity index (χ2n) is 5.62. The SMILES string of the molecule is COc1ccc(Br)c(C(N)c2ccccc2C2CCC2)c1. The third-order valence-electron chi connectivity index (χ3n) is 4.41. The van der Waals surface area contributed by atoms with E-state index in [1.807, 2.05) is 18.2 Å². The van der Waals surface area contributed by atoms with Gasteiger partial charge >= 0.3 is 0 Å². The first-order valence-electron chi connectivity index (χ1n) is 7.38. The number of benzene rings is 2. The molecular weight excluding hydrogens is 326 g/mol. The predicted octanol–water partition coefficient (Wildman–Crippen LogP) is 4.77. The van der Waals surface area contributed by atoms with Gasteiger partial charge in [-0.2, -0.15) is 0 Å². The first-order valence-corrected chi connectivity index (χ1v) is 8.18. The van der Waals surface area contributed by atoms with Crippen molar-refractivity contribution in [3.63, 3.8) is 0 Å². The van der Waals surface area contributed by atoms with Crippen LogP contribution in [0.5, 0.6) is 5.75 Å². The Morgan fingerprint density at radius 1 is 1.14 bits per heavy atom. The van der Waals surface area contributed by atoms with E-state index in [4.69, 9.17) is 10.5 Å². The van der Waals surface area contributed by atoms with E-state index in [0.717, 1.165) is 15.8 Å². The van der Waals surface area contributed by atoms with Crippen molar-refractivity contribution < 1.29 is 4.74 Å². The number of hydrogen-bond donors (Lipinski definition) is 1. The van der Waals surface area contributed by atoms with E-state index in [1.165, 1.54) is 30.4 Å². The highest BCUT2D eigenvalue weighted by molar-refractivity contribution is 9.10. The van der Waals surface area contributed by atoms with Crippen LogP contribution >= 0.6 is 15.9 Å². The van der Waals surface area contributed by atoms with Crippen molar-refractivity contribution in [2.24, 2.45) is 5.73 Å². The molecule has 3 heteroatoms. The first-order chi connectivity index (χ1) is 10.2. The lowest BCUT2D eigenvalue weighted by Crippen LogP contribution is -2.18. The van der Waals surface area contributed by atoms with Gasteiger partial charge in [0, 0.05) is 4.47 Å². The van der Waals surface area contributed by atoms with E-state index in [-0.39, 0.29) is 6.04 Å². The lowest BCUT2D eigenvalue weighted by Gasteiger charge is -2.30. The summed E-state index contributed by atoms with van der Waals surface area (Å²) in [5.74, 6) is 1.52. The zero-order chi connectivity index (χ0) is 14.8. The van der Waals surface area contributed by atoms with Crippen molar-refractivity contribution >= 4 is 15.9 Å². The molecule has 110 valence electrons. The third-order valence-corrected chi connectivity index (χ3v) is 5.14. The molecule has 1 aliphatic rings. The van der Waals surface area contributed by atoms with Crippen molar-refractivity contribution in [3.05, 3.63) is 63.6 Å². The van der Waals surface area contributed by atoms with E-state index in [2.05, 4.69) is 40.2 Å². The van der Waals surface area contributed by atoms with Gasteiger partial charge in [-0.05, 0) is 53.6 Å². The summed E-state index contributed by atoms with van der Waals surface area (Å²) in [5, 5.41) is 0. The van der Waals surface area contributed by atoms with Crippen LogP contribution in [0.2, 0.25) is 0 Å². The Kier molecular flexibility index (Phi) is 4.32. The highest BCUT2D eigenvalue weighted by atomic mass is 79.9. The summed E-state index contributed by atoms with van der Waals surface area (Å²) in [6.45, 7) is 0. The number of rotatable bonds is 4. The van der Waals surface area contributed by atoms with E-state index >= 15 is 0 Å². The van der Waals surface area contributed by atoms with Gasteiger partial charge in [0.05, 0.1) is 13.2 Å². The van der Waals surface area contributed by atoms with Crippen LogP contribution in [0.1, 0.15) is 47.9 Å². The molecule has 0 radical (unpaired) electrons. The quantitative estimate of drug-likeness (QED) is 0.865. The van der Waals surface area contributed by atoms with Gasteiger partial charge in [0.2, 0.25) is 0 Å². The van der Waals surface area contributed by atoms with Crippen LogP contribution in [-0.4, -0.2) is 7.11 Å². The number of halogens is 1. The van der Waals surface area contributed by atoms with Gasteiger partial charge in [-0.15, -0.1) is 0 Å². The standard InChI is InChI=1S/C18H20BrNO/c1-21-13-9-10-17(19)16(11-13)18(20)15-8-3-2-7-14(15)12-5-4-6-12/h2-3,7-12,18H,4-6,20H2,1H3. The summed E-state index contributed by atoms with van der Waals surface area (Å²) in [6.07, 6.45) is 3.89. The fraction of sp³-hybridized carbons (Fsp3) is 0.333. The minimum absolute atomic E-state index is 0.133. The number of ether oxygens (including phenoxy) is 1. The molecule has 21 heavy (non-hydrogen) atoms. The molecule has 2 aromatic rings. The summed E-state index contributed by atoms with van der Waals surface area (Å²) >= 11 is 3.61. The Balaban J connectivity index is 2.00. The lowest BCUT2D eigenvalue weighted by molar-refractivity contribution is 0.413. The van der Waals surface area contributed by atoms with Crippen LogP contribution in [0.15, 0.2) is 46.9 Å². The minimum atomic E-state index is -0.133. The van der Waals surface area contributed by atoms with Gasteiger partial charge in [-0.3, -0.25) is 0 Å². The van der Waals surface area contributed by atoms with Gasteiger partial charge < -0.3 is 10.5 Å². The molecule has 1 atom stereocenters. The first kappa shape index (κ1) is 14.6. The van der Waals surface area contributed by atoms with Crippen LogP contribution in [-0.2, 0) is 0 Å². The van der Waals surface area contributed by atoms with Crippen LogP contribution < -0.4 is 10.5 Å². The molecule has 0 aromatic heterocycles. The fourth-order valence-corrected chi connectivity index (χ4v) is 3.43. The molecule has 1 unspecified atom stereocenters. The molecule has 0 spiro atoms. The maximum absolute atomic E-state index is 6.57. The monoisotopic (exact) mass is 345 g/mol. The van der Waals surface area contributed by atoms with Gasteiger partial charge in [0.15, 0.2) is 0 Å². The Morgan fingerprint density at radius 3 is 2.57 bits per heavy atom. The lowest BCUT2D eigenvalue weighted by atomic mass is 9.76. The summed E-state index contributed by atoms with van der Waals surface area (Å²) in [6, 6.07) is 14.4. The van der Waals surface area contributed by atoms with Crippen molar-refractivity contribution in [1.29, 1.82) is 0 Å². The van der Waals surface area contributed by atoms with Crippen LogP contribution in [0, 0.1) is 0 Å².